The molecular formula is C19H22N4. The van der Waals surface area contributed by atoms with Crippen LogP contribution in [0.15, 0.2) is 88.8 Å². The summed E-state index contributed by atoms with van der Waals surface area (Å²) in [6.45, 7) is 2.58. The lowest BCUT2D eigenvalue weighted by atomic mass is 10.2. The molecule has 23 heavy (non-hydrogen) atoms. The van der Waals surface area contributed by atoms with Gasteiger partial charge in [0.15, 0.2) is 0 Å². The normalized spacial score (nSPS) is 12.0. The molecule has 0 unspecified atom stereocenters. The van der Waals surface area contributed by atoms with Crippen LogP contribution in [-0.2, 0) is 0 Å². The van der Waals surface area contributed by atoms with Gasteiger partial charge in [0.2, 0.25) is 0 Å². The molecule has 0 bridgehead atoms. The molecule has 118 valence electrons. The van der Waals surface area contributed by atoms with Gasteiger partial charge in [-0.3, -0.25) is 0 Å². The molecule has 0 spiro atoms. The van der Waals surface area contributed by atoms with Gasteiger partial charge in [0, 0.05) is 24.1 Å². The minimum absolute atomic E-state index is 0.567. The van der Waals surface area contributed by atoms with Crippen LogP contribution in [0.5, 0.6) is 0 Å². The summed E-state index contributed by atoms with van der Waals surface area (Å²) in [4.78, 5) is 0. The predicted octanol–water partition coefficient (Wildman–Crippen LogP) is 5.19. The summed E-state index contributed by atoms with van der Waals surface area (Å²) < 4.78 is 0. The van der Waals surface area contributed by atoms with E-state index in [2.05, 4.69) is 20.9 Å². The first kappa shape index (κ1) is 16.5. The number of anilines is 2. The molecule has 2 N–H and O–H groups in total. The number of hydrogen-bond acceptors (Lipinski definition) is 4. The van der Waals surface area contributed by atoms with Crippen molar-refractivity contribution in [3.05, 3.63) is 78.5 Å². The van der Waals surface area contributed by atoms with E-state index in [0.29, 0.717) is 6.54 Å². The standard InChI is InChI=1S/C19H22N4/c1-16(20-2)8-6-7-15-21-23-19-13-11-18(12-14-19)22-17-9-4-3-5-10-17/h3-14,20,22H,15H2,1-2H3/b7-6-,16-8-,23-21?. The summed E-state index contributed by atoms with van der Waals surface area (Å²) >= 11 is 0. The van der Waals surface area contributed by atoms with Gasteiger partial charge in [-0.1, -0.05) is 30.4 Å². The van der Waals surface area contributed by atoms with Crippen LogP contribution in [0.3, 0.4) is 0 Å². The van der Waals surface area contributed by atoms with Gasteiger partial charge in [-0.2, -0.15) is 10.2 Å². The molecule has 2 rings (SSSR count). The van der Waals surface area contributed by atoms with Gasteiger partial charge in [0.1, 0.15) is 0 Å². The maximum Gasteiger partial charge on any atom is 0.0854 e. The fourth-order valence-electron chi connectivity index (χ4n) is 1.83. The Kier molecular flexibility index (Phi) is 6.60. The Balaban J connectivity index is 1.84. The molecule has 0 aliphatic heterocycles. The SMILES string of the molecule is CN/C(C)=C\C=C/CN=Nc1ccc(Nc2ccccc2)cc1. The molecule has 0 saturated carbocycles. The highest BCUT2D eigenvalue weighted by Gasteiger charge is 1.94. The molecule has 0 aromatic heterocycles. The third-order valence-corrected chi connectivity index (χ3v) is 3.18. The summed E-state index contributed by atoms with van der Waals surface area (Å²) in [5.41, 5.74) is 4.05. The van der Waals surface area contributed by atoms with Crippen molar-refractivity contribution in [2.24, 2.45) is 10.2 Å². The number of nitrogens with one attached hydrogen (secondary N) is 2. The monoisotopic (exact) mass is 306 g/mol. The van der Waals surface area contributed by atoms with Crippen LogP contribution < -0.4 is 10.6 Å². The van der Waals surface area contributed by atoms with Gasteiger partial charge < -0.3 is 10.6 Å². The number of benzene rings is 2. The predicted molar refractivity (Wildman–Crippen MR) is 97.5 cm³/mol. The molecule has 0 fully saturated rings. The average Bonchev–Trinajstić information content (AvgIpc) is 2.60. The highest BCUT2D eigenvalue weighted by molar-refractivity contribution is 5.61. The Hall–Kier alpha value is -2.88. The first-order chi connectivity index (χ1) is 11.3. The molecule has 0 saturated heterocycles. The molecule has 0 amide bonds. The van der Waals surface area contributed by atoms with E-state index in [4.69, 9.17) is 0 Å². The van der Waals surface area contributed by atoms with E-state index < -0.39 is 0 Å². The fourth-order valence-corrected chi connectivity index (χ4v) is 1.83. The van der Waals surface area contributed by atoms with Crippen LogP contribution >= 0.6 is 0 Å². The summed E-state index contributed by atoms with van der Waals surface area (Å²) in [5.74, 6) is 0. The van der Waals surface area contributed by atoms with Crippen LogP contribution in [0.2, 0.25) is 0 Å². The highest BCUT2D eigenvalue weighted by atomic mass is 15.1. The molecule has 2 aromatic carbocycles. The minimum Gasteiger partial charge on any atom is -0.392 e. The third-order valence-electron chi connectivity index (χ3n) is 3.18. The number of para-hydroxylation sites is 1. The first-order valence-electron chi connectivity index (χ1n) is 7.59. The smallest absolute Gasteiger partial charge is 0.0854 e. The Bertz CT molecular complexity index is 670. The van der Waals surface area contributed by atoms with Gasteiger partial charge in [0.05, 0.1) is 12.2 Å². The van der Waals surface area contributed by atoms with Gasteiger partial charge >= 0.3 is 0 Å². The molecule has 4 heteroatoms. The molecule has 0 aliphatic rings. The van der Waals surface area contributed by atoms with Crippen molar-refractivity contribution in [1.29, 1.82) is 0 Å². The van der Waals surface area contributed by atoms with Crippen molar-refractivity contribution in [3.63, 3.8) is 0 Å². The minimum atomic E-state index is 0.567. The van der Waals surface area contributed by atoms with E-state index in [1.54, 1.807) is 0 Å². The molecule has 4 nitrogen and oxygen atoms in total. The van der Waals surface area contributed by atoms with E-state index in [9.17, 15) is 0 Å². The fraction of sp³-hybridized carbons (Fsp3) is 0.158. The second-order valence-electron chi connectivity index (χ2n) is 4.99. The molecule has 0 atom stereocenters. The lowest BCUT2D eigenvalue weighted by Crippen LogP contribution is -2.00. The zero-order chi connectivity index (χ0) is 16.3. The maximum absolute atomic E-state index is 4.20. The topological polar surface area (TPSA) is 48.8 Å². The summed E-state index contributed by atoms with van der Waals surface area (Å²) in [6.07, 6.45) is 5.94. The second kappa shape index (κ2) is 9.20. The Labute approximate surface area is 137 Å². The zero-order valence-electron chi connectivity index (χ0n) is 13.5. The zero-order valence-corrected chi connectivity index (χ0v) is 13.5. The van der Waals surface area contributed by atoms with Crippen molar-refractivity contribution in [1.82, 2.24) is 5.32 Å². The van der Waals surface area contributed by atoms with E-state index in [-0.39, 0.29) is 0 Å². The third kappa shape index (κ3) is 6.18. The average molecular weight is 306 g/mol. The van der Waals surface area contributed by atoms with Gasteiger partial charge in [-0.15, -0.1) is 0 Å². The Morgan fingerprint density at radius 1 is 1.00 bits per heavy atom. The summed E-state index contributed by atoms with van der Waals surface area (Å²) in [5, 5.41) is 14.7. The Morgan fingerprint density at radius 2 is 1.70 bits per heavy atom. The maximum atomic E-state index is 4.20. The van der Waals surface area contributed by atoms with Crippen molar-refractivity contribution < 1.29 is 0 Å². The van der Waals surface area contributed by atoms with Crippen LogP contribution in [0.4, 0.5) is 17.1 Å². The van der Waals surface area contributed by atoms with Crippen molar-refractivity contribution in [3.8, 4) is 0 Å². The summed E-state index contributed by atoms with van der Waals surface area (Å²) in [6, 6.07) is 18.0. The van der Waals surface area contributed by atoms with Crippen LogP contribution in [0.1, 0.15) is 6.92 Å². The first-order valence-corrected chi connectivity index (χ1v) is 7.59. The quantitative estimate of drug-likeness (QED) is 0.546. The highest BCUT2D eigenvalue weighted by Crippen LogP contribution is 2.20. The Morgan fingerprint density at radius 3 is 2.39 bits per heavy atom. The van der Waals surface area contributed by atoms with Crippen molar-refractivity contribution in [2.75, 3.05) is 18.9 Å². The van der Waals surface area contributed by atoms with E-state index in [0.717, 1.165) is 22.8 Å². The second-order valence-corrected chi connectivity index (χ2v) is 4.99. The van der Waals surface area contributed by atoms with E-state index in [1.165, 1.54) is 0 Å². The number of azo groups is 1. The van der Waals surface area contributed by atoms with E-state index in [1.807, 2.05) is 86.8 Å². The molecule has 2 aromatic rings. The largest absolute Gasteiger partial charge is 0.392 e. The molecule has 0 aliphatic carbocycles. The molecule has 0 radical (unpaired) electrons. The number of allylic oxidation sites excluding steroid dienone is 3. The van der Waals surface area contributed by atoms with Crippen molar-refractivity contribution in [2.45, 2.75) is 6.92 Å². The molecular weight excluding hydrogens is 284 g/mol. The van der Waals surface area contributed by atoms with Crippen LogP contribution in [0, 0.1) is 0 Å². The number of nitrogens with zero attached hydrogens (tertiary/aromatic N) is 2. The van der Waals surface area contributed by atoms with Crippen molar-refractivity contribution >= 4 is 17.1 Å². The number of hydrogen-bond donors (Lipinski definition) is 2. The van der Waals surface area contributed by atoms with Gasteiger partial charge in [0.25, 0.3) is 0 Å². The van der Waals surface area contributed by atoms with Crippen LogP contribution in [0.25, 0.3) is 0 Å². The number of rotatable bonds is 7. The van der Waals surface area contributed by atoms with Gasteiger partial charge in [-0.25, -0.2) is 0 Å². The molecule has 0 heterocycles. The summed E-state index contributed by atoms with van der Waals surface area (Å²) in [7, 11) is 1.90. The van der Waals surface area contributed by atoms with E-state index >= 15 is 0 Å². The van der Waals surface area contributed by atoms with Crippen LogP contribution in [-0.4, -0.2) is 13.6 Å². The lowest BCUT2D eigenvalue weighted by Gasteiger charge is -2.05. The van der Waals surface area contributed by atoms with Gasteiger partial charge in [-0.05, 0) is 49.4 Å². The lowest BCUT2D eigenvalue weighted by molar-refractivity contribution is 0.989.